The van der Waals surface area contributed by atoms with Gasteiger partial charge in [-0.25, -0.2) is 4.98 Å². The van der Waals surface area contributed by atoms with Gasteiger partial charge in [0, 0.05) is 18.5 Å². The van der Waals surface area contributed by atoms with Gasteiger partial charge in [0.05, 0.1) is 24.2 Å². The van der Waals surface area contributed by atoms with Gasteiger partial charge >= 0.3 is 0 Å². The highest BCUT2D eigenvalue weighted by atomic mass is 16.5. The van der Waals surface area contributed by atoms with Crippen LogP contribution >= 0.6 is 0 Å². The Balaban J connectivity index is 1.44. The molecule has 1 aromatic heterocycles. The number of aromatic nitrogens is 2. The second-order valence-electron chi connectivity index (χ2n) is 7.72. The molecule has 1 amide bonds. The summed E-state index contributed by atoms with van der Waals surface area (Å²) in [5, 5.41) is 3.02. The minimum atomic E-state index is -0.0633. The van der Waals surface area contributed by atoms with Crippen LogP contribution in [0.1, 0.15) is 28.7 Å². The molecule has 0 spiro atoms. The number of hydrogen-bond donors (Lipinski definition) is 1. The van der Waals surface area contributed by atoms with Crippen LogP contribution in [0.2, 0.25) is 0 Å². The number of aryl methyl sites for hydroxylation is 1. The molecule has 6 heteroatoms. The molecular formula is C27H29N3O3. The molecule has 0 unspecified atom stereocenters. The summed E-state index contributed by atoms with van der Waals surface area (Å²) in [5.74, 6) is 2.33. The third-order valence-electron chi connectivity index (χ3n) is 5.48. The van der Waals surface area contributed by atoms with Crippen molar-refractivity contribution in [3.05, 3.63) is 89.7 Å². The van der Waals surface area contributed by atoms with Gasteiger partial charge in [-0.15, -0.1) is 0 Å². The number of hydrogen-bond acceptors (Lipinski definition) is 4. The molecule has 0 aliphatic rings. The largest absolute Gasteiger partial charge is 0.490 e. The molecule has 6 nitrogen and oxygen atoms in total. The Labute approximate surface area is 194 Å². The van der Waals surface area contributed by atoms with Gasteiger partial charge < -0.3 is 19.4 Å². The minimum absolute atomic E-state index is 0.0633. The number of fused-ring (bicyclic) bond motifs is 1. The lowest BCUT2D eigenvalue weighted by Gasteiger charge is -2.14. The van der Waals surface area contributed by atoms with E-state index in [1.54, 1.807) is 0 Å². The number of rotatable bonds is 10. The lowest BCUT2D eigenvalue weighted by molar-refractivity contribution is 0.0953. The second-order valence-corrected chi connectivity index (χ2v) is 7.72. The number of benzene rings is 3. The number of para-hydroxylation sites is 4. The van der Waals surface area contributed by atoms with E-state index in [4.69, 9.17) is 14.5 Å². The van der Waals surface area contributed by atoms with Crippen molar-refractivity contribution in [1.29, 1.82) is 0 Å². The average molecular weight is 444 g/mol. The zero-order chi connectivity index (χ0) is 23.0. The van der Waals surface area contributed by atoms with Gasteiger partial charge in [0.2, 0.25) is 0 Å². The van der Waals surface area contributed by atoms with E-state index < -0.39 is 0 Å². The summed E-state index contributed by atoms with van der Waals surface area (Å²) in [5.41, 5.74) is 3.66. The van der Waals surface area contributed by atoms with Crippen molar-refractivity contribution in [2.75, 3.05) is 19.8 Å². The number of nitrogens with zero attached hydrogens (tertiary/aromatic N) is 2. The molecule has 0 radical (unpaired) electrons. The first-order valence-corrected chi connectivity index (χ1v) is 11.3. The fraction of sp³-hybridized carbons (Fsp3) is 0.259. The van der Waals surface area contributed by atoms with Crippen LogP contribution in [0, 0.1) is 6.92 Å². The van der Waals surface area contributed by atoms with Gasteiger partial charge in [0.25, 0.3) is 5.91 Å². The lowest BCUT2D eigenvalue weighted by atomic mass is 10.1. The van der Waals surface area contributed by atoms with E-state index >= 15 is 0 Å². The molecule has 4 rings (SSSR count). The Bertz CT molecular complexity index is 1230. The van der Waals surface area contributed by atoms with Crippen molar-refractivity contribution in [3.8, 4) is 11.5 Å². The van der Waals surface area contributed by atoms with Crippen molar-refractivity contribution < 1.29 is 14.3 Å². The monoisotopic (exact) mass is 443 g/mol. The third kappa shape index (κ3) is 5.34. The van der Waals surface area contributed by atoms with E-state index in [2.05, 4.69) is 16.0 Å². The van der Waals surface area contributed by atoms with E-state index in [-0.39, 0.29) is 5.91 Å². The topological polar surface area (TPSA) is 65.4 Å². The van der Waals surface area contributed by atoms with Crippen LogP contribution in [0.3, 0.4) is 0 Å². The predicted molar refractivity (Wildman–Crippen MR) is 130 cm³/mol. The smallest absolute Gasteiger partial charge is 0.251 e. The number of amides is 1. The summed E-state index contributed by atoms with van der Waals surface area (Å²) in [7, 11) is 0. The van der Waals surface area contributed by atoms with Gasteiger partial charge in [-0.05, 0) is 49.7 Å². The highest BCUT2D eigenvalue weighted by Gasteiger charge is 2.13. The quantitative estimate of drug-likeness (QED) is 0.383. The Morgan fingerprint density at radius 3 is 2.42 bits per heavy atom. The Morgan fingerprint density at radius 1 is 0.939 bits per heavy atom. The summed E-state index contributed by atoms with van der Waals surface area (Å²) < 4.78 is 13.9. The molecule has 0 aliphatic carbocycles. The maximum absolute atomic E-state index is 12.6. The zero-order valence-corrected chi connectivity index (χ0v) is 19.1. The normalized spacial score (nSPS) is 10.8. The molecule has 1 heterocycles. The number of ether oxygens (including phenoxy) is 2. The molecule has 33 heavy (non-hydrogen) atoms. The molecule has 170 valence electrons. The van der Waals surface area contributed by atoms with E-state index in [1.165, 1.54) is 0 Å². The molecule has 0 bridgehead atoms. The van der Waals surface area contributed by atoms with Gasteiger partial charge in [0.15, 0.2) is 11.5 Å². The molecule has 0 saturated carbocycles. The molecule has 0 fully saturated rings. The summed E-state index contributed by atoms with van der Waals surface area (Å²) in [6, 6.07) is 23.4. The molecule has 1 N–H and O–H groups in total. The van der Waals surface area contributed by atoms with Crippen LogP contribution in [0.4, 0.5) is 0 Å². The van der Waals surface area contributed by atoms with Crippen LogP contribution in [0.15, 0.2) is 72.8 Å². The standard InChI is InChI=1S/C27H29N3O3/c1-3-32-24-14-8-9-15-25(24)33-19-18-30-23-13-7-6-12-22(23)29-26(30)16-17-28-27(31)21-11-5-4-10-20(21)2/h4-15H,3,16-19H2,1-2H3,(H,28,31). The third-order valence-corrected chi connectivity index (χ3v) is 5.48. The van der Waals surface area contributed by atoms with Crippen LogP contribution in [-0.4, -0.2) is 35.2 Å². The molecule has 0 saturated heterocycles. The van der Waals surface area contributed by atoms with E-state index in [0.717, 1.165) is 33.9 Å². The van der Waals surface area contributed by atoms with Crippen molar-refractivity contribution in [2.45, 2.75) is 26.8 Å². The highest BCUT2D eigenvalue weighted by Crippen LogP contribution is 2.26. The SMILES string of the molecule is CCOc1ccccc1OCCn1c(CCNC(=O)c2ccccc2C)nc2ccccc21. The minimum Gasteiger partial charge on any atom is -0.490 e. The second kappa shape index (κ2) is 10.7. The van der Waals surface area contributed by atoms with Gasteiger partial charge in [-0.2, -0.15) is 0 Å². The number of carbonyl (C=O) groups excluding carboxylic acids is 1. The van der Waals surface area contributed by atoms with Crippen LogP contribution in [0.25, 0.3) is 11.0 Å². The van der Waals surface area contributed by atoms with Crippen molar-refractivity contribution in [3.63, 3.8) is 0 Å². The van der Waals surface area contributed by atoms with Crippen LogP contribution in [-0.2, 0) is 13.0 Å². The maximum Gasteiger partial charge on any atom is 0.251 e. The van der Waals surface area contributed by atoms with E-state index in [0.29, 0.717) is 38.3 Å². The first-order chi connectivity index (χ1) is 16.2. The van der Waals surface area contributed by atoms with Crippen molar-refractivity contribution in [2.24, 2.45) is 0 Å². The predicted octanol–water partition coefficient (Wildman–Crippen LogP) is 4.79. The lowest BCUT2D eigenvalue weighted by Crippen LogP contribution is -2.27. The fourth-order valence-electron chi connectivity index (χ4n) is 3.87. The Kier molecular flexibility index (Phi) is 7.25. The summed E-state index contributed by atoms with van der Waals surface area (Å²) in [4.78, 5) is 17.4. The average Bonchev–Trinajstić information content (AvgIpc) is 3.18. The van der Waals surface area contributed by atoms with Gasteiger partial charge in [0.1, 0.15) is 12.4 Å². The highest BCUT2D eigenvalue weighted by molar-refractivity contribution is 5.95. The van der Waals surface area contributed by atoms with Gasteiger partial charge in [-0.1, -0.05) is 42.5 Å². The summed E-state index contributed by atoms with van der Waals surface area (Å²) in [6.07, 6.45) is 0.627. The zero-order valence-electron chi connectivity index (χ0n) is 19.1. The first kappa shape index (κ1) is 22.4. The fourth-order valence-corrected chi connectivity index (χ4v) is 3.87. The molecule has 0 aliphatic heterocycles. The van der Waals surface area contributed by atoms with E-state index in [1.807, 2.05) is 80.6 Å². The van der Waals surface area contributed by atoms with Crippen LogP contribution in [0.5, 0.6) is 11.5 Å². The molecular weight excluding hydrogens is 414 g/mol. The Hall–Kier alpha value is -3.80. The molecule has 3 aromatic carbocycles. The maximum atomic E-state index is 12.6. The van der Waals surface area contributed by atoms with Gasteiger partial charge in [-0.3, -0.25) is 4.79 Å². The van der Waals surface area contributed by atoms with E-state index in [9.17, 15) is 4.79 Å². The summed E-state index contributed by atoms with van der Waals surface area (Å²) >= 11 is 0. The number of imidazole rings is 1. The summed E-state index contributed by atoms with van der Waals surface area (Å²) in [6.45, 7) is 6.11. The first-order valence-electron chi connectivity index (χ1n) is 11.3. The Morgan fingerprint density at radius 2 is 1.64 bits per heavy atom. The van der Waals surface area contributed by atoms with Crippen LogP contribution < -0.4 is 14.8 Å². The molecule has 4 aromatic rings. The number of carbonyl (C=O) groups is 1. The number of nitrogens with one attached hydrogen (secondary N) is 1. The molecule has 0 atom stereocenters. The van der Waals surface area contributed by atoms with Crippen molar-refractivity contribution in [1.82, 2.24) is 14.9 Å². The van der Waals surface area contributed by atoms with Crippen molar-refractivity contribution >= 4 is 16.9 Å².